The average molecular weight is 574 g/mol. The lowest BCUT2D eigenvalue weighted by Gasteiger charge is -2.32. The lowest BCUT2D eigenvalue weighted by Crippen LogP contribution is -2.34. The first-order chi connectivity index (χ1) is 16.2. The molecule has 2 heterocycles. The van der Waals surface area contributed by atoms with E-state index in [9.17, 15) is 8.42 Å². The summed E-state index contributed by atoms with van der Waals surface area (Å²) in [6.07, 6.45) is 6.95. The van der Waals surface area contributed by atoms with Crippen LogP contribution in [-0.4, -0.2) is 62.0 Å². The van der Waals surface area contributed by atoms with Crippen molar-refractivity contribution in [2.75, 3.05) is 27.2 Å². The molecule has 1 aliphatic heterocycles. The second-order valence-electron chi connectivity index (χ2n) is 8.52. The van der Waals surface area contributed by atoms with Crippen LogP contribution in [0.3, 0.4) is 0 Å². The van der Waals surface area contributed by atoms with Gasteiger partial charge in [-0.05, 0) is 67.2 Å². The predicted octanol–water partition coefficient (Wildman–Crippen LogP) is 6.00. The second-order valence-corrected chi connectivity index (χ2v) is 12.3. The van der Waals surface area contributed by atoms with Crippen LogP contribution in [0.4, 0.5) is 0 Å². The molecule has 0 radical (unpaired) electrons. The standard InChI is InChI=1S/C24H26Cl2N4O2S2.ClH/c1-29(2)16-28-34(31,32)24-11-17(3-4-21(24)25)15-30-9-6-20(7-10-30)33-23-13-18-5-8-27-14-19(18)12-22(23)26;/h3-5,8,11-14,16,20H,6-7,9-10,15H2,1-2H3;1H. The van der Waals surface area contributed by atoms with Gasteiger partial charge in [-0.25, -0.2) is 0 Å². The van der Waals surface area contributed by atoms with Crippen molar-refractivity contribution in [2.45, 2.75) is 34.4 Å². The summed E-state index contributed by atoms with van der Waals surface area (Å²) in [5, 5.41) is 3.61. The number of pyridine rings is 1. The molecule has 2 aromatic carbocycles. The van der Waals surface area contributed by atoms with Crippen molar-refractivity contribution in [1.29, 1.82) is 0 Å². The molecule has 0 saturated carbocycles. The Bertz CT molecular complexity index is 1310. The largest absolute Gasteiger partial charge is 0.368 e. The number of fused-ring (bicyclic) bond motifs is 1. The van der Waals surface area contributed by atoms with Crippen molar-refractivity contribution < 1.29 is 8.42 Å². The van der Waals surface area contributed by atoms with Crippen LogP contribution in [0.1, 0.15) is 18.4 Å². The summed E-state index contributed by atoms with van der Waals surface area (Å²) in [6.45, 7) is 2.52. The van der Waals surface area contributed by atoms with E-state index in [-0.39, 0.29) is 22.3 Å². The molecule has 0 spiro atoms. The summed E-state index contributed by atoms with van der Waals surface area (Å²) >= 11 is 14.6. The lowest BCUT2D eigenvalue weighted by molar-refractivity contribution is 0.224. The van der Waals surface area contributed by atoms with E-state index in [1.807, 2.05) is 36.2 Å². The molecule has 1 aromatic heterocycles. The second kappa shape index (κ2) is 12.1. The van der Waals surface area contributed by atoms with Crippen LogP contribution in [0, 0.1) is 0 Å². The Hall–Kier alpha value is -1.55. The van der Waals surface area contributed by atoms with E-state index in [1.165, 1.54) is 6.34 Å². The fraction of sp³-hybridized carbons (Fsp3) is 0.333. The van der Waals surface area contributed by atoms with Crippen LogP contribution >= 0.6 is 47.4 Å². The van der Waals surface area contributed by atoms with Gasteiger partial charge in [0, 0.05) is 48.6 Å². The SMILES string of the molecule is CN(C)C=NS(=O)(=O)c1cc(CN2CCC(Sc3cc4ccncc4cc3Cl)CC2)ccc1Cl.Cl. The third-order valence-corrected chi connectivity index (χ3v) is 9.14. The molecule has 1 fully saturated rings. The fourth-order valence-electron chi connectivity index (χ4n) is 3.86. The number of hydrogen-bond acceptors (Lipinski definition) is 5. The first-order valence-corrected chi connectivity index (χ1v) is 14.0. The van der Waals surface area contributed by atoms with Crippen LogP contribution in [0.15, 0.2) is 63.0 Å². The smallest absolute Gasteiger partial charge is 0.285 e. The number of thioether (sulfide) groups is 1. The molecular weight excluding hydrogens is 547 g/mol. The molecule has 1 saturated heterocycles. The van der Waals surface area contributed by atoms with Gasteiger partial charge in [0.25, 0.3) is 10.0 Å². The van der Waals surface area contributed by atoms with Gasteiger partial charge in [-0.1, -0.05) is 29.3 Å². The number of aromatic nitrogens is 1. The third-order valence-electron chi connectivity index (χ3n) is 5.62. The van der Waals surface area contributed by atoms with Gasteiger partial charge in [-0.3, -0.25) is 9.88 Å². The van der Waals surface area contributed by atoms with Crippen molar-refractivity contribution in [3.63, 3.8) is 0 Å². The Morgan fingerprint density at radius 2 is 1.86 bits per heavy atom. The predicted molar refractivity (Wildman–Crippen MR) is 149 cm³/mol. The molecule has 35 heavy (non-hydrogen) atoms. The number of likely N-dealkylation sites (tertiary alicyclic amines) is 1. The maximum atomic E-state index is 12.6. The van der Waals surface area contributed by atoms with Crippen molar-refractivity contribution in [3.05, 3.63) is 64.4 Å². The van der Waals surface area contributed by atoms with Crippen molar-refractivity contribution >= 4 is 74.5 Å². The van der Waals surface area contributed by atoms with E-state index in [0.717, 1.165) is 52.2 Å². The number of sulfonamides is 1. The highest BCUT2D eigenvalue weighted by molar-refractivity contribution is 8.00. The highest BCUT2D eigenvalue weighted by atomic mass is 35.5. The maximum absolute atomic E-state index is 12.6. The summed E-state index contributed by atoms with van der Waals surface area (Å²) in [6, 6.07) is 11.3. The van der Waals surface area contributed by atoms with Crippen LogP contribution in [-0.2, 0) is 16.6 Å². The number of hydrogen-bond donors (Lipinski definition) is 0. The summed E-state index contributed by atoms with van der Waals surface area (Å²) < 4.78 is 28.9. The Balaban J connectivity index is 0.00000342. The minimum atomic E-state index is -3.85. The van der Waals surface area contributed by atoms with Crippen molar-refractivity contribution in [1.82, 2.24) is 14.8 Å². The molecule has 0 N–H and O–H groups in total. The number of piperidine rings is 1. The van der Waals surface area contributed by atoms with E-state index >= 15 is 0 Å². The lowest BCUT2D eigenvalue weighted by atomic mass is 10.1. The summed E-state index contributed by atoms with van der Waals surface area (Å²) in [5.41, 5.74) is 0.903. The molecular formula is C24H27Cl3N4O2S2. The van der Waals surface area contributed by atoms with Gasteiger partial charge in [0.1, 0.15) is 11.2 Å². The molecule has 0 unspecified atom stereocenters. The number of rotatable bonds is 7. The first-order valence-electron chi connectivity index (χ1n) is 10.9. The fourth-order valence-corrected chi connectivity index (χ4v) is 6.79. The summed E-state index contributed by atoms with van der Waals surface area (Å²) in [4.78, 5) is 9.21. The van der Waals surface area contributed by atoms with Gasteiger partial charge in [-0.2, -0.15) is 8.42 Å². The van der Waals surface area contributed by atoms with Crippen molar-refractivity contribution in [2.24, 2.45) is 4.40 Å². The zero-order valence-corrected chi connectivity index (χ0v) is 23.4. The van der Waals surface area contributed by atoms with E-state index < -0.39 is 10.0 Å². The van der Waals surface area contributed by atoms with Gasteiger partial charge in [0.15, 0.2) is 0 Å². The molecule has 0 bridgehead atoms. The molecule has 1 aliphatic rings. The van der Waals surface area contributed by atoms with Gasteiger partial charge in [0.05, 0.1) is 10.0 Å². The maximum Gasteiger partial charge on any atom is 0.285 e. The van der Waals surface area contributed by atoms with Gasteiger partial charge in [-0.15, -0.1) is 28.6 Å². The van der Waals surface area contributed by atoms with Gasteiger partial charge < -0.3 is 4.90 Å². The zero-order chi connectivity index (χ0) is 24.3. The van der Waals surface area contributed by atoms with Crippen LogP contribution in [0.2, 0.25) is 10.0 Å². The highest BCUT2D eigenvalue weighted by Gasteiger charge is 2.23. The molecule has 11 heteroatoms. The quantitative estimate of drug-likeness (QED) is 0.255. The number of nitrogens with zero attached hydrogens (tertiary/aromatic N) is 4. The summed E-state index contributed by atoms with van der Waals surface area (Å²) in [5.74, 6) is 0. The normalized spacial score (nSPS) is 15.4. The van der Waals surface area contributed by atoms with Crippen molar-refractivity contribution in [3.8, 4) is 0 Å². The Morgan fingerprint density at radius 1 is 1.11 bits per heavy atom. The minimum absolute atomic E-state index is 0. The van der Waals surface area contributed by atoms with Gasteiger partial charge >= 0.3 is 0 Å². The van der Waals surface area contributed by atoms with Crippen LogP contribution in [0.25, 0.3) is 10.8 Å². The van der Waals surface area contributed by atoms with Crippen LogP contribution in [0.5, 0.6) is 0 Å². The Morgan fingerprint density at radius 3 is 2.57 bits per heavy atom. The van der Waals surface area contributed by atoms with E-state index in [4.69, 9.17) is 23.2 Å². The van der Waals surface area contributed by atoms with E-state index in [0.29, 0.717) is 11.8 Å². The monoisotopic (exact) mass is 572 g/mol. The molecule has 3 aromatic rings. The average Bonchev–Trinajstić information content (AvgIpc) is 2.81. The minimum Gasteiger partial charge on any atom is -0.368 e. The third kappa shape index (κ3) is 7.24. The summed E-state index contributed by atoms with van der Waals surface area (Å²) in [7, 11) is -0.430. The molecule has 4 rings (SSSR count). The zero-order valence-electron chi connectivity index (χ0n) is 19.4. The molecule has 0 atom stereocenters. The molecule has 188 valence electrons. The van der Waals surface area contributed by atoms with Gasteiger partial charge in [0.2, 0.25) is 0 Å². The van der Waals surface area contributed by atoms with E-state index in [2.05, 4.69) is 20.3 Å². The number of benzene rings is 2. The molecule has 0 amide bonds. The first kappa shape index (κ1) is 28.0. The van der Waals surface area contributed by atoms with Crippen LogP contribution < -0.4 is 0 Å². The topological polar surface area (TPSA) is 65.9 Å². The molecule has 6 nitrogen and oxygen atoms in total. The highest BCUT2D eigenvalue weighted by Crippen LogP contribution is 2.37. The Labute approximate surface area is 227 Å². The molecule has 0 aliphatic carbocycles. The Kier molecular flexibility index (Phi) is 9.71. The number of halogens is 3. The van der Waals surface area contributed by atoms with E-state index in [1.54, 1.807) is 37.3 Å².